The molecule has 4 rings (SSSR count). The summed E-state index contributed by atoms with van der Waals surface area (Å²) in [5, 5.41) is 3.28. The van der Waals surface area contributed by atoms with Crippen LogP contribution in [0, 0.1) is 6.92 Å². The average Bonchev–Trinajstić information content (AvgIpc) is 3.13. The number of fused-ring (bicyclic) bond motifs is 1. The minimum Gasteiger partial charge on any atom is -0.346 e. The van der Waals surface area contributed by atoms with Gasteiger partial charge in [-0.15, -0.1) is 11.3 Å². The van der Waals surface area contributed by atoms with E-state index in [9.17, 15) is 0 Å². The number of rotatable bonds is 3. The number of imidazole rings is 1. The third kappa shape index (κ3) is 2.71. The molecule has 0 saturated carbocycles. The highest BCUT2D eigenvalue weighted by Crippen LogP contribution is 2.21. The number of anilines is 1. The number of aryl methyl sites for hydroxylation is 1. The smallest absolute Gasteiger partial charge is 0.185 e. The molecule has 0 N–H and O–H groups in total. The molecule has 5 nitrogen and oxygen atoms in total. The maximum Gasteiger partial charge on any atom is 0.185 e. The van der Waals surface area contributed by atoms with Gasteiger partial charge in [0.05, 0.1) is 11.4 Å². The first-order valence-corrected chi connectivity index (χ1v) is 8.48. The van der Waals surface area contributed by atoms with E-state index in [1.165, 1.54) is 0 Å². The van der Waals surface area contributed by atoms with Crippen LogP contribution in [0.25, 0.3) is 5.65 Å². The van der Waals surface area contributed by atoms with Crippen molar-refractivity contribution in [2.45, 2.75) is 13.5 Å². The van der Waals surface area contributed by atoms with Crippen molar-refractivity contribution in [3.63, 3.8) is 0 Å². The maximum atomic E-state index is 4.68. The molecule has 3 aromatic rings. The summed E-state index contributed by atoms with van der Waals surface area (Å²) in [6.45, 7) is 7.19. The zero-order valence-corrected chi connectivity index (χ0v) is 13.5. The summed E-state index contributed by atoms with van der Waals surface area (Å²) in [7, 11) is 0. The van der Waals surface area contributed by atoms with Crippen LogP contribution in [0.2, 0.25) is 0 Å². The van der Waals surface area contributed by atoms with E-state index in [-0.39, 0.29) is 0 Å². The molecule has 0 amide bonds. The molecule has 0 unspecified atom stereocenters. The van der Waals surface area contributed by atoms with E-state index in [2.05, 4.69) is 48.9 Å². The number of hydrogen-bond donors (Lipinski definition) is 0. The molecule has 0 atom stereocenters. The van der Waals surface area contributed by atoms with Gasteiger partial charge in [-0.2, -0.15) is 0 Å². The summed E-state index contributed by atoms with van der Waals surface area (Å²) >= 11 is 1.74. The molecule has 4 heterocycles. The van der Waals surface area contributed by atoms with Crippen LogP contribution in [0.5, 0.6) is 0 Å². The Kier molecular flexibility index (Phi) is 3.56. The lowest BCUT2D eigenvalue weighted by Crippen LogP contribution is -2.46. The largest absolute Gasteiger partial charge is 0.346 e. The van der Waals surface area contributed by atoms with Crippen molar-refractivity contribution in [1.29, 1.82) is 0 Å². The van der Waals surface area contributed by atoms with Gasteiger partial charge in [-0.05, 0) is 19.1 Å². The first-order chi connectivity index (χ1) is 10.8. The highest BCUT2D eigenvalue weighted by molar-refractivity contribution is 7.13. The topological polar surface area (TPSA) is 36.7 Å². The van der Waals surface area contributed by atoms with E-state index in [0.29, 0.717) is 0 Å². The second-order valence-corrected chi connectivity index (χ2v) is 6.57. The van der Waals surface area contributed by atoms with Crippen molar-refractivity contribution in [2.75, 3.05) is 31.1 Å². The third-order valence-corrected chi connectivity index (χ3v) is 5.07. The van der Waals surface area contributed by atoms with Crippen LogP contribution in [0.1, 0.15) is 11.4 Å². The summed E-state index contributed by atoms with van der Waals surface area (Å²) < 4.78 is 2.09. The van der Waals surface area contributed by atoms with Crippen molar-refractivity contribution in [1.82, 2.24) is 19.3 Å². The average molecular weight is 313 g/mol. The fourth-order valence-corrected chi connectivity index (χ4v) is 3.73. The molecule has 1 aliphatic heterocycles. The number of pyridine rings is 1. The van der Waals surface area contributed by atoms with Gasteiger partial charge in [0.2, 0.25) is 0 Å². The lowest BCUT2D eigenvalue weighted by Gasteiger charge is -2.34. The van der Waals surface area contributed by atoms with Crippen molar-refractivity contribution < 1.29 is 0 Å². The van der Waals surface area contributed by atoms with Gasteiger partial charge in [0.1, 0.15) is 5.65 Å². The van der Waals surface area contributed by atoms with Crippen LogP contribution < -0.4 is 4.90 Å². The Hall–Kier alpha value is -1.92. The lowest BCUT2D eigenvalue weighted by atomic mass is 10.3. The second-order valence-electron chi connectivity index (χ2n) is 5.73. The Labute approximate surface area is 133 Å². The van der Waals surface area contributed by atoms with E-state index in [1.54, 1.807) is 11.3 Å². The molecule has 0 radical (unpaired) electrons. The standard InChI is InChI=1S/C16H19N5S/c1-13-12-22-16(17-13)20-8-6-19(7-9-20)10-14-11-21-5-3-2-4-15(21)18-14/h2-5,11-12H,6-10H2,1H3. The van der Waals surface area contributed by atoms with E-state index in [0.717, 1.165) is 54.9 Å². The first kappa shape index (κ1) is 13.7. The van der Waals surface area contributed by atoms with E-state index in [1.807, 2.05) is 18.2 Å². The molecule has 0 bridgehead atoms. The summed E-state index contributed by atoms with van der Waals surface area (Å²) in [5.41, 5.74) is 3.28. The second kappa shape index (κ2) is 5.70. The Morgan fingerprint density at radius 3 is 2.73 bits per heavy atom. The van der Waals surface area contributed by atoms with Crippen molar-refractivity contribution in [2.24, 2.45) is 0 Å². The number of hydrogen-bond acceptors (Lipinski definition) is 5. The minimum atomic E-state index is 0.923. The first-order valence-electron chi connectivity index (χ1n) is 7.60. The summed E-state index contributed by atoms with van der Waals surface area (Å²) in [6.07, 6.45) is 4.18. The Balaban J connectivity index is 1.39. The van der Waals surface area contributed by atoms with Gasteiger partial charge in [-0.25, -0.2) is 9.97 Å². The van der Waals surface area contributed by atoms with Crippen molar-refractivity contribution in [3.8, 4) is 0 Å². The fraction of sp³-hybridized carbons (Fsp3) is 0.375. The molecule has 1 saturated heterocycles. The van der Waals surface area contributed by atoms with Crippen molar-refractivity contribution >= 4 is 22.1 Å². The summed E-state index contributed by atoms with van der Waals surface area (Å²) in [4.78, 5) is 14.1. The normalized spacial score (nSPS) is 16.5. The van der Waals surface area contributed by atoms with Gasteiger partial charge in [0, 0.05) is 50.5 Å². The monoisotopic (exact) mass is 313 g/mol. The van der Waals surface area contributed by atoms with Crippen LogP contribution >= 0.6 is 11.3 Å². The van der Waals surface area contributed by atoms with Crippen LogP contribution in [-0.2, 0) is 6.54 Å². The zero-order chi connectivity index (χ0) is 14.9. The molecule has 22 heavy (non-hydrogen) atoms. The zero-order valence-electron chi connectivity index (χ0n) is 12.6. The molecular formula is C16H19N5S. The van der Waals surface area contributed by atoms with Crippen LogP contribution in [0.4, 0.5) is 5.13 Å². The molecule has 0 aromatic carbocycles. The number of aromatic nitrogens is 3. The number of piperazine rings is 1. The minimum absolute atomic E-state index is 0.923. The predicted octanol–water partition coefficient (Wildman–Crippen LogP) is 2.42. The Morgan fingerprint density at radius 2 is 2.00 bits per heavy atom. The van der Waals surface area contributed by atoms with Crippen molar-refractivity contribution in [3.05, 3.63) is 47.4 Å². The van der Waals surface area contributed by atoms with Gasteiger partial charge in [-0.3, -0.25) is 4.90 Å². The predicted molar refractivity (Wildman–Crippen MR) is 89.5 cm³/mol. The van der Waals surface area contributed by atoms with Crippen LogP contribution in [0.3, 0.4) is 0 Å². The van der Waals surface area contributed by atoms with Gasteiger partial charge in [-0.1, -0.05) is 6.07 Å². The highest BCUT2D eigenvalue weighted by atomic mass is 32.1. The maximum absolute atomic E-state index is 4.68. The van der Waals surface area contributed by atoms with Gasteiger partial charge < -0.3 is 9.30 Å². The summed E-state index contributed by atoms with van der Waals surface area (Å²) in [6, 6.07) is 6.11. The molecule has 0 spiro atoms. The molecular weight excluding hydrogens is 294 g/mol. The molecule has 1 fully saturated rings. The molecule has 114 valence electrons. The molecule has 3 aromatic heterocycles. The highest BCUT2D eigenvalue weighted by Gasteiger charge is 2.19. The van der Waals surface area contributed by atoms with Gasteiger partial charge in [0.15, 0.2) is 5.13 Å². The lowest BCUT2D eigenvalue weighted by molar-refractivity contribution is 0.247. The molecule has 0 aliphatic carbocycles. The van der Waals surface area contributed by atoms with E-state index < -0.39 is 0 Å². The molecule has 6 heteroatoms. The fourth-order valence-electron chi connectivity index (χ4n) is 2.88. The van der Waals surface area contributed by atoms with Crippen LogP contribution in [0.15, 0.2) is 36.0 Å². The van der Waals surface area contributed by atoms with Gasteiger partial charge >= 0.3 is 0 Å². The Bertz CT molecular complexity index is 737. The van der Waals surface area contributed by atoms with E-state index in [4.69, 9.17) is 0 Å². The van der Waals surface area contributed by atoms with Gasteiger partial charge in [0.25, 0.3) is 0 Å². The quantitative estimate of drug-likeness (QED) is 0.744. The van der Waals surface area contributed by atoms with Crippen LogP contribution in [-0.4, -0.2) is 45.4 Å². The number of nitrogens with zero attached hydrogens (tertiary/aromatic N) is 5. The van der Waals surface area contributed by atoms with E-state index >= 15 is 0 Å². The Morgan fingerprint density at radius 1 is 1.14 bits per heavy atom. The number of thiazole rings is 1. The SMILES string of the molecule is Cc1csc(N2CCN(Cc3cn4ccccc4n3)CC2)n1. The third-order valence-electron chi connectivity index (χ3n) is 4.05. The summed E-state index contributed by atoms with van der Waals surface area (Å²) in [5.74, 6) is 0. The molecule has 1 aliphatic rings.